The smallest absolute Gasteiger partial charge is 0.258 e. The van der Waals surface area contributed by atoms with Crippen molar-refractivity contribution < 1.29 is 4.79 Å². The zero-order valence-electron chi connectivity index (χ0n) is 9.75. The molecule has 1 aromatic carbocycles. The second kappa shape index (κ2) is 5.86. The summed E-state index contributed by atoms with van der Waals surface area (Å²) in [6.45, 7) is 1.90. The van der Waals surface area contributed by atoms with Crippen LogP contribution in [0.15, 0.2) is 29.0 Å². The molecule has 0 saturated carbocycles. The van der Waals surface area contributed by atoms with Gasteiger partial charge in [0, 0.05) is 4.47 Å². The van der Waals surface area contributed by atoms with Crippen LogP contribution in [0.5, 0.6) is 0 Å². The van der Waals surface area contributed by atoms with E-state index in [0.717, 1.165) is 5.56 Å². The molecule has 0 radical (unpaired) electrons. The molecule has 0 bridgehead atoms. The predicted octanol–water partition coefficient (Wildman–Crippen LogP) is 4.11. The molecule has 19 heavy (non-hydrogen) atoms. The fraction of sp³-hybridized carbons (Fsp3) is 0.0833. The lowest BCUT2D eigenvalue weighted by molar-refractivity contribution is 0.102. The van der Waals surface area contributed by atoms with E-state index in [2.05, 4.69) is 31.2 Å². The monoisotopic (exact) mass is 359 g/mol. The van der Waals surface area contributed by atoms with Gasteiger partial charge in [0.05, 0.1) is 5.56 Å². The summed E-state index contributed by atoms with van der Waals surface area (Å²) >= 11 is 15.0. The van der Waals surface area contributed by atoms with Crippen LogP contribution in [0.2, 0.25) is 10.2 Å². The Morgan fingerprint density at radius 2 is 2.05 bits per heavy atom. The largest absolute Gasteiger partial charge is 0.305 e. The van der Waals surface area contributed by atoms with Gasteiger partial charge in [-0.3, -0.25) is 4.79 Å². The zero-order valence-corrected chi connectivity index (χ0v) is 12.8. The van der Waals surface area contributed by atoms with Gasteiger partial charge < -0.3 is 5.32 Å². The molecule has 0 aliphatic carbocycles. The van der Waals surface area contributed by atoms with Crippen molar-refractivity contribution >= 4 is 50.9 Å². The molecular formula is C12H8BrCl2N3O. The van der Waals surface area contributed by atoms with E-state index < -0.39 is 0 Å². The first-order valence-electron chi connectivity index (χ1n) is 5.22. The Labute approximate surface area is 128 Å². The molecule has 0 aliphatic heterocycles. The Hall–Kier alpha value is -1.17. The standard InChI is InChI=1S/C12H8BrCl2N3O/c1-6-2-3-8(13)7(4-6)12(19)18-11-9(14)10(15)16-5-17-11/h2-5H,1H3,(H,16,17,18,19). The summed E-state index contributed by atoms with van der Waals surface area (Å²) in [5.74, 6) is -0.146. The summed E-state index contributed by atoms with van der Waals surface area (Å²) in [5, 5.41) is 2.80. The first-order valence-corrected chi connectivity index (χ1v) is 6.77. The third kappa shape index (κ3) is 3.23. The van der Waals surface area contributed by atoms with Gasteiger partial charge in [-0.2, -0.15) is 0 Å². The Morgan fingerprint density at radius 3 is 2.79 bits per heavy atom. The highest BCUT2D eigenvalue weighted by molar-refractivity contribution is 9.10. The maximum Gasteiger partial charge on any atom is 0.258 e. The van der Waals surface area contributed by atoms with Crippen LogP contribution in [0.3, 0.4) is 0 Å². The molecule has 1 heterocycles. The number of amides is 1. The first kappa shape index (κ1) is 14.2. The third-order valence-electron chi connectivity index (χ3n) is 2.35. The van der Waals surface area contributed by atoms with E-state index in [0.29, 0.717) is 10.0 Å². The van der Waals surface area contributed by atoms with Crippen LogP contribution >= 0.6 is 39.1 Å². The van der Waals surface area contributed by atoms with E-state index in [1.165, 1.54) is 6.33 Å². The van der Waals surface area contributed by atoms with Crippen molar-refractivity contribution in [1.29, 1.82) is 0 Å². The lowest BCUT2D eigenvalue weighted by atomic mass is 10.1. The molecule has 0 fully saturated rings. The minimum absolute atomic E-state index is 0.0928. The minimum Gasteiger partial charge on any atom is -0.305 e. The summed E-state index contributed by atoms with van der Waals surface area (Å²) < 4.78 is 0.687. The van der Waals surface area contributed by atoms with Crippen molar-refractivity contribution in [2.24, 2.45) is 0 Å². The highest BCUT2D eigenvalue weighted by Crippen LogP contribution is 2.26. The van der Waals surface area contributed by atoms with E-state index in [1.54, 1.807) is 12.1 Å². The van der Waals surface area contributed by atoms with Gasteiger partial charge in [-0.15, -0.1) is 0 Å². The molecular weight excluding hydrogens is 353 g/mol. The van der Waals surface area contributed by atoms with Crippen LogP contribution in [0.1, 0.15) is 15.9 Å². The molecule has 0 unspecified atom stereocenters. The summed E-state index contributed by atoms with van der Waals surface area (Å²) in [6, 6.07) is 5.46. The van der Waals surface area contributed by atoms with Gasteiger partial charge in [-0.25, -0.2) is 9.97 Å². The molecule has 1 N–H and O–H groups in total. The SMILES string of the molecule is Cc1ccc(Br)c(C(=O)Nc2ncnc(Cl)c2Cl)c1. The Kier molecular flexibility index (Phi) is 4.39. The number of halogens is 3. The van der Waals surface area contributed by atoms with Gasteiger partial charge >= 0.3 is 0 Å². The van der Waals surface area contributed by atoms with Crippen molar-refractivity contribution in [3.8, 4) is 0 Å². The number of carbonyl (C=O) groups is 1. The van der Waals surface area contributed by atoms with Crippen molar-refractivity contribution in [1.82, 2.24) is 9.97 Å². The molecule has 2 rings (SSSR count). The third-order valence-corrected chi connectivity index (χ3v) is 3.78. The summed E-state index contributed by atoms with van der Waals surface area (Å²) in [7, 11) is 0. The Morgan fingerprint density at radius 1 is 1.32 bits per heavy atom. The van der Waals surface area contributed by atoms with E-state index in [9.17, 15) is 4.79 Å². The quantitative estimate of drug-likeness (QED) is 0.820. The first-order chi connectivity index (χ1) is 8.99. The van der Waals surface area contributed by atoms with Crippen LogP contribution in [0.25, 0.3) is 0 Å². The fourth-order valence-electron chi connectivity index (χ4n) is 1.42. The molecule has 0 atom stereocenters. The molecule has 0 aliphatic rings. The van der Waals surface area contributed by atoms with Crippen LogP contribution in [0, 0.1) is 6.92 Å². The Balaban J connectivity index is 2.31. The number of aromatic nitrogens is 2. The number of benzene rings is 1. The summed E-state index contributed by atoms with van der Waals surface area (Å²) in [5.41, 5.74) is 1.46. The summed E-state index contributed by atoms with van der Waals surface area (Å²) in [6.07, 6.45) is 1.23. The van der Waals surface area contributed by atoms with Gasteiger partial charge in [-0.1, -0.05) is 34.8 Å². The van der Waals surface area contributed by atoms with Crippen LogP contribution in [-0.2, 0) is 0 Å². The van der Waals surface area contributed by atoms with Crippen LogP contribution < -0.4 is 5.32 Å². The normalized spacial score (nSPS) is 10.3. The second-order valence-corrected chi connectivity index (χ2v) is 5.35. The van der Waals surface area contributed by atoms with Crippen LogP contribution in [0.4, 0.5) is 5.82 Å². The van der Waals surface area contributed by atoms with Crippen molar-refractivity contribution in [3.05, 3.63) is 50.3 Å². The topological polar surface area (TPSA) is 54.9 Å². The van der Waals surface area contributed by atoms with E-state index in [4.69, 9.17) is 23.2 Å². The molecule has 7 heteroatoms. The number of hydrogen-bond donors (Lipinski definition) is 1. The van der Waals surface area contributed by atoms with Crippen molar-refractivity contribution in [2.75, 3.05) is 5.32 Å². The Bertz CT molecular complexity index is 649. The predicted molar refractivity (Wildman–Crippen MR) is 78.9 cm³/mol. The van der Waals surface area contributed by atoms with Gasteiger partial charge in [0.25, 0.3) is 5.91 Å². The van der Waals surface area contributed by atoms with Gasteiger partial charge in [0.2, 0.25) is 0 Å². The number of hydrogen-bond acceptors (Lipinski definition) is 3. The average molecular weight is 361 g/mol. The van der Waals surface area contributed by atoms with Crippen LogP contribution in [-0.4, -0.2) is 15.9 Å². The van der Waals surface area contributed by atoms with E-state index in [-0.39, 0.29) is 21.9 Å². The highest BCUT2D eigenvalue weighted by Gasteiger charge is 2.14. The number of nitrogens with one attached hydrogen (secondary N) is 1. The number of anilines is 1. The van der Waals surface area contributed by atoms with Gasteiger partial charge in [-0.05, 0) is 35.0 Å². The van der Waals surface area contributed by atoms with Crippen molar-refractivity contribution in [2.45, 2.75) is 6.92 Å². The molecule has 4 nitrogen and oxygen atoms in total. The molecule has 98 valence electrons. The minimum atomic E-state index is -0.327. The fourth-order valence-corrected chi connectivity index (χ4v) is 2.13. The average Bonchev–Trinajstić information content (AvgIpc) is 2.38. The molecule has 0 saturated heterocycles. The van der Waals surface area contributed by atoms with Gasteiger partial charge in [0.1, 0.15) is 11.3 Å². The molecule has 0 spiro atoms. The lowest BCUT2D eigenvalue weighted by Crippen LogP contribution is -2.14. The highest BCUT2D eigenvalue weighted by atomic mass is 79.9. The number of aryl methyl sites for hydroxylation is 1. The van der Waals surface area contributed by atoms with E-state index in [1.807, 2.05) is 13.0 Å². The zero-order chi connectivity index (χ0) is 14.0. The maximum absolute atomic E-state index is 12.1. The molecule has 1 aromatic heterocycles. The van der Waals surface area contributed by atoms with E-state index >= 15 is 0 Å². The van der Waals surface area contributed by atoms with Crippen molar-refractivity contribution in [3.63, 3.8) is 0 Å². The number of rotatable bonds is 2. The summed E-state index contributed by atoms with van der Waals surface area (Å²) in [4.78, 5) is 19.7. The number of nitrogens with zero attached hydrogens (tertiary/aromatic N) is 2. The number of carbonyl (C=O) groups excluding carboxylic acids is 1. The molecule has 1 amide bonds. The molecule has 2 aromatic rings. The second-order valence-electron chi connectivity index (χ2n) is 3.76. The van der Waals surface area contributed by atoms with Gasteiger partial charge in [0.15, 0.2) is 11.0 Å². The lowest BCUT2D eigenvalue weighted by Gasteiger charge is -2.08. The maximum atomic E-state index is 12.1.